The minimum Gasteiger partial charge on any atom is -0.444 e. The van der Waals surface area contributed by atoms with Gasteiger partial charge in [0.2, 0.25) is 0 Å². The second kappa shape index (κ2) is 5.08. The predicted octanol–water partition coefficient (Wildman–Crippen LogP) is 2.38. The average Bonchev–Trinajstić information content (AvgIpc) is 2.73. The van der Waals surface area contributed by atoms with E-state index in [9.17, 15) is 4.79 Å². The minimum absolute atomic E-state index is 0.131. The number of hydrogen-bond donors (Lipinski definition) is 1. The third-order valence-corrected chi connectivity index (χ3v) is 4.13. The fourth-order valence-corrected chi connectivity index (χ4v) is 3.39. The predicted molar refractivity (Wildman–Crippen MR) is 71.5 cm³/mol. The van der Waals surface area contributed by atoms with E-state index in [1.54, 1.807) is 0 Å². The zero-order valence-electron chi connectivity index (χ0n) is 12.0. The Kier molecular flexibility index (Phi) is 3.85. The largest absolute Gasteiger partial charge is 0.444 e. The Balaban J connectivity index is 2.04. The number of hydrogen-bond acceptors (Lipinski definition) is 3. The Bertz CT molecular complexity index is 311. The molecule has 2 aliphatic rings. The molecule has 104 valence electrons. The number of likely N-dealkylation sites (tertiary alicyclic amines) is 1. The van der Waals surface area contributed by atoms with Gasteiger partial charge < -0.3 is 15.0 Å². The van der Waals surface area contributed by atoms with Gasteiger partial charge in [-0.3, -0.25) is 0 Å². The van der Waals surface area contributed by atoms with E-state index in [0.29, 0.717) is 18.0 Å². The van der Waals surface area contributed by atoms with Crippen LogP contribution in [0.1, 0.15) is 46.5 Å². The quantitative estimate of drug-likeness (QED) is 0.781. The van der Waals surface area contributed by atoms with Crippen LogP contribution in [0.25, 0.3) is 0 Å². The highest BCUT2D eigenvalue weighted by Crippen LogP contribution is 2.37. The lowest BCUT2D eigenvalue weighted by Crippen LogP contribution is -2.55. The second-order valence-electron chi connectivity index (χ2n) is 6.52. The summed E-state index contributed by atoms with van der Waals surface area (Å²) in [5.41, 5.74) is -0.398. The van der Waals surface area contributed by atoms with E-state index in [2.05, 4.69) is 5.32 Å². The maximum atomic E-state index is 12.2. The van der Waals surface area contributed by atoms with Gasteiger partial charge in [0.1, 0.15) is 5.60 Å². The molecule has 1 amide bonds. The molecule has 4 nitrogen and oxygen atoms in total. The summed E-state index contributed by atoms with van der Waals surface area (Å²) in [6, 6.07) is 0.947. The number of nitrogens with one attached hydrogen (secondary N) is 1. The van der Waals surface area contributed by atoms with Gasteiger partial charge in [-0.15, -0.1) is 0 Å². The van der Waals surface area contributed by atoms with E-state index in [0.717, 1.165) is 19.4 Å². The van der Waals surface area contributed by atoms with E-state index in [-0.39, 0.29) is 6.09 Å². The number of fused-ring (bicyclic) bond motifs is 1. The molecule has 3 unspecified atom stereocenters. The Morgan fingerprint density at radius 3 is 2.61 bits per heavy atom. The molecule has 1 aliphatic heterocycles. The summed E-state index contributed by atoms with van der Waals surface area (Å²) in [4.78, 5) is 14.2. The summed E-state index contributed by atoms with van der Waals surface area (Å²) >= 11 is 0. The molecule has 0 aromatic carbocycles. The third kappa shape index (κ3) is 2.79. The lowest BCUT2D eigenvalue weighted by molar-refractivity contribution is -0.0000489. The van der Waals surface area contributed by atoms with Gasteiger partial charge >= 0.3 is 6.09 Å². The summed E-state index contributed by atoms with van der Waals surface area (Å²) in [7, 11) is 2.03. The number of ether oxygens (including phenoxy) is 1. The molecule has 0 radical (unpaired) electrons. The molecule has 2 rings (SSSR count). The first-order chi connectivity index (χ1) is 8.42. The second-order valence-corrected chi connectivity index (χ2v) is 6.52. The van der Waals surface area contributed by atoms with E-state index in [4.69, 9.17) is 4.74 Å². The van der Waals surface area contributed by atoms with Crippen LogP contribution in [0.4, 0.5) is 4.79 Å². The number of rotatable bonds is 1. The third-order valence-electron chi connectivity index (χ3n) is 4.13. The maximum Gasteiger partial charge on any atom is 0.410 e. The van der Waals surface area contributed by atoms with Crippen LogP contribution in [0.3, 0.4) is 0 Å². The molecule has 1 aliphatic carbocycles. The normalized spacial score (nSPS) is 32.2. The Labute approximate surface area is 110 Å². The summed E-state index contributed by atoms with van der Waals surface area (Å²) in [6.45, 7) is 6.60. The number of carbonyl (C=O) groups excluding carboxylic acids is 1. The maximum absolute atomic E-state index is 12.2. The van der Waals surface area contributed by atoms with Gasteiger partial charge in [-0.25, -0.2) is 4.79 Å². The van der Waals surface area contributed by atoms with Crippen molar-refractivity contribution in [2.75, 3.05) is 13.6 Å². The summed E-state index contributed by atoms with van der Waals surface area (Å²) < 4.78 is 5.52. The number of nitrogens with zero attached hydrogens (tertiary/aromatic N) is 1. The number of carbonyl (C=O) groups is 1. The van der Waals surface area contributed by atoms with E-state index >= 15 is 0 Å². The van der Waals surface area contributed by atoms with E-state index in [1.807, 2.05) is 32.7 Å². The van der Waals surface area contributed by atoms with Crippen molar-refractivity contribution >= 4 is 6.09 Å². The molecule has 3 atom stereocenters. The Morgan fingerprint density at radius 1 is 1.28 bits per heavy atom. The van der Waals surface area contributed by atoms with Gasteiger partial charge in [-0.05, 0) is 53.0 Å². The first-order valence-electron chi connectivity index (χ1n) is 7.09. The summed E-state index contributed by atoms with van der Waals surface area (Å²) in [5, 5.41) is 3.40. The van der Waals surface area contributed by atoms with Gasteiger partial charge in [0.25, 0.3) is 0 Å². The van der Waals surface area contributed by atoms with Crippen molar-refractivity contribution in [3.05, 3.63) is 0 Å². The molecule has 0 bridgehead atoms. The van der Waals surface area contributed by atoms with Crippen molar-refractivity contribution in [1.29, 1.82) is 0 Å². The van der Waals surface area contributed by atoms with E-state index in [1.165, 1.54) is 12.8 Å². The van der Waals surface area contributed by atoms with Crippen molar-refractivity contribution in [3.63, 3.8) is 0 Å². The summed E-state index contributed by atoms with van der Waals surface area (Å²) in [5.74, 6) is 0.608. The van der Waals surface area contributed by atoms with Gasteiger partial charge in [-0.1, -0.05) is 6.42 Å². The standard InChI is InChI=1S/C14H26N2O2/c1-14(2,3)18-13(17)16-9-8-11(15-4)10-6-5-7-12(10)16/h10-12,15H,5-9H2,1-4H3. The van der Waals surface area contributed by atoms with Crippen LogP contribution in [0.15, 0.2) is 0 Å². The number of amides is 1. The van der Waals surface area contributed by atoms with Crippen LogP contribution in [0.2, 0.25) is 0 Å². The fourth-order valence-electron chi connectivity index (χ4n) is 3.39. The summed E-state index contributed by atoms with van der Waals surface area (Å²) in [6.07, 6.45) is 4.50. The Morgan fingerprint density at radius 2 is 2.00 bits per heavy atom. The molecular weight excluding hydrogens is 228 g/mol. The SMILES string of the molecule is CNC1CCN(C(=O)OC(C)(C)C)C2CCCC12. The topological polar surface area (TPSA) is 41.6 Å². The highest BCUT2D eigenvalue weighted by molar-refractivity contribution is 5.69. The molecule has 4 heteroatoms. The van der Waals surface area contributed by atoms with Crippen LogP contribution in [-0.2, 0) is 4.74 Å². The first-order valence-corrected chi connectivity index (χ1v) is 7.09. The molecule has 18 heavy (non-hydrogen) atoms. The van der Waals surface area contributed by atoms with Gasteiger partial charge in [-0.2, -0.15) is 0 Å². The fraction of sp³-hybridized carbons (Fsp3) is 0.929. The molecule has 1 saturated heterocycles. The number of piperidine rings is 1. The van der Waals surface area contributed by atoms with Crippen LogP contribution in [0, 0.1) is 5.92 Å². The van der Waals surface area contributed by atoms with Crippen molar-refractivity contribution in [1.82, 2.24) is 10.2 Å². The molecule has 0 spiro atoms. The average molecular weight is 254 g/mol. The van der Waals surface area contributed by atoms with Crippen LogP contribution in [-0.4, -0.2) is 42.3 Å². The minimum atomic E-state index is -0.398. The van der Waals surface area contributed by atoms with Gasteiger partial charge in [0.05, 0.1) is 0 Å². The molecule has 1 heterocycles. The van der Waals surface area contributed by atoms with Crippen molar-refractivity contribution in [3.8, 4) is 0 Å². The Hall–Kier alpha value is -0.770. The monoisotopic (exact) mass is 254 g/mol. The molecular formula is C14H26N2O2. The van der Waals surface area contributed by atoms with Gasteiger partial charge in [0.15, 0.2) is 0 Å². The van der Waals surface area contributed by atoms with Crippen LogP contribution >= 0.6 is 0 Å². The molecule has 0 aromatic heterocycles. The smallest absolute Gasteiger partial charge is 0.410 e. The van der Waals surface area contributed by atoms with Crippen molar-refractivity contribution in [2.24, 2.45) is 5.92 Å². The van der Waals surface area contributed by atoms with Gasteiger partial charge in [0, 0.05) is 18.6 Å². The lowest BCUT2D eigenvalue weighted by Gasteiger charge is -2.42. The molecule has 1 N–H and O–H groups in total. The zero-order chi connectivity index (χ0) is 13.3. The zero-order valence-corrected chi connectivity index (χ0v) is 12.0. The first kappa shape index (κ1) is 13.7. The van der Waals surface area contributed by atoms with Crippen molar-refractivity contribution in [2.45, 2.75) is 64.1 Å². The molecule has 0 aromatic rings. The van der Waals surface area contributed by atoms with E-state index < -0.39 is 5.60 Å². The molecule has 1 saturated carbocycles. The van der Waals surface area contributed by atoms with Crippen LogP contribution in [0.5, 0.6) is 0 Å². The van der Waals surface area contributed by atoms with Crippen molar-refractivity contribution < 1.29 is 9.53 Å². The molecule has 2 fully saturated rings. The highest BCUT2D eigenvalue weighted by atomic mass is 16.6. The lowest BCUT2D eigenvalue weighted by atomic mass is 9.87. The van der Waals surface area contributed by atoms with Crippen LogP contribution < -0.4 is 5.32 Å². The highest BCUT2D eigenvalue weighted by Gasteiger charge is 2.43.